The van der Waals surface area contributed by atoms with Crippen molar-refractivity contribution in [1.82, 2.24) is 4.98 Å². The second-order valence-corrected chi connectivity index (χ2v) is 3.69. The second-order valence-electron chi connectivity index (χ2n) is 2.77. The topological polar surface area (TPSA) is 56.0 Å². The van der Waals surface area contributed by atoms with Crippen LogP contribution in [-0.2, 0) is 0 Å². The van der Waals surface area contributed by atoms with Crippen LogP contribution in [0.25, 0.3) is 10.4 Å². The number of carbonyl (C=O) groups is 1. The smallest absolute Gasteiger partial charge is 0.250 e. The molecular weight excluding hydrogens is 196 g/mol. The molecule has 14 heavy (non-hydrogen) atoms. The van der Waals surface area contributed by atoms with Crippen LogP contribution in [-0.4, -0.2) is 10.9 Å². The highest BCUT2D eigenvalue weighted by Crippen LogP contribution is 2.28. The van der Waals surface area contributed by atoms with Gasteiger partial charge < -0.3 is 5.73 Å². The number of amides is 1. The van der Waals surface area contributed by atoms with Gasteiger partial charge in [-0.2, -0.15) is 0 Å². The van der Waals surface area contributed by atoms with E-state index in [2.05, 4.69) is 4.98 Å². The Morgan fingerprint density at radius 2 is 2.29 bits per heavy atom. The summed E-state index contributed by atoms with van der Waals surface area (Å²) in [6.45, 7) is 0. The van der Waals surface area contributed by atoms with Gasteiger partial charge in [0.1, 0.15) is 0 Å². The maximum atomic E-state index is 11.1. The molecule has 3 nitrogen and oxygen atoms in total. The minimum atomic E-state index is -0.398. The van der Waals surface area contributed by atoms with Gasteiger partial charge in [-0.3, -0.25) is 9.78 Å². The molecule has 0 atom stereocenters. The van der Waals surface area contributed by atoms with E-state index < -0.39 is 5.91 Å². The maximum absolute atomic E-state index is 11.1. The molecule has 0 radical (unpaired) electrons. The van der Waals surface area contributed by atoms with Crippen molar-refractivity contribution in [3.8, 4) is 10.4 Å². The van der Waals surface area contributed by atoms with Crippen LogP contribution in [0.4, 0.5) is 0 Å². The van der Waals surface area contributed by atoms with Crippen LogP contribution in [0.2, 0.25) is 0 Å². The summed E-state index contributed by atoms with van der Waals surface area (Å²) < 4.78 is 0. The van der Waals surface area contributed by atoms with E-state index in [1.54, 1.807) is 18.5 Å². The predicted molar refractivity (Wildman–Crippen MR) is 56.1 cm³/mol. The summed E-state index contributed by atoms with van der Waals surface area (Å²) in [4.78, 5) is 15.9. The lowest BCUT2D eigenvalue weighted by Crippen LogP contribution is -2.10. The highest BCUT2D eigenvalue weighted by Gasteiger charge is 2.10. The Morgan fingerprint density at radius 1 is 1.43 bits per heavy atom. The lowest BCUT2D eigenvalue weighted by Gasteiger charge is -1.98. The molecule has 0 unspecified atom stereocenters. The minimum absolute atomic E-state index is 0.398. The van der Waals surface area contributed by atoms with Crippen LogP contribution in [0.3, 0.4) is 0 Å². The molecular formula is C10H8N2OS. The fraction of sp³-hybridized carbons (Fsp3) is 0. The van der Waals surface area contributed by atoms with E-state index in [0.29, 0.717) is 5.56 Å². The summed E-state index contributed by atoms with van der Waals surface area (Å²) in [5.41, 5.74) is 6.73. The molecule has 0 saturated carbocycles. The number of nitrogens with zero attached hydrogens (tertiary/aromatic N) is 1. The van der Waals surface area contributed by atoms with Crippen molar-refractivity contribution in [3.05, 3.63) is 41.5 Å². The zero-order valence-electron chi connectivity index (χ0n) is 7.31. The summed E-state index contributed by atoms with van der Waals surface area (Å²) >= 11 is 1.49. The van der Waals surface area contributed by atoms with Gasteiger partial charge in [-0.25, -0.2) is 0 Å². The highest BCUT2D eigenvalue weighted by atomic mass is 32.1. The standard InChI is InChI=1S/C10H8N2OS/c11-10(13)8-3-5-14-9(8)7-2-1-4-12-6-7/h1-6H,(H2,11,13). The number of nitrogens with two attached hydrogens (primary N) is 1. The Bertz CT molecular complexity index is 450. The molecule has 70 valence electrons. The first-order chi connectivity index (χ1) is 6.79. The number of hydrogen-bond donors (Lipinski definition) is 1. The third-order valence-electron chi connectivity index (χ3n) is 1.85. The van der Waals surface area contributed by atoms with Gasteiger partial charge in [0.15, 0.2) is 0 Å². The van der Waals surface area contributed by atoms with Gasteiger partial charge in [-0.05, 0) is 17.5 Å². The maximum Gasteiger partial charge on any atom is 0.250 e. The van der Waals surface area contributed by atoms with Crippen molar-refractivity contribution >= 4 is 17.2 Å². The summed E-state index contributed by atoms with van der Waals surface area (Å²) in [7, 11) is 0. The average molecular weight is 204 g/mol. The fourth-order valence-electron chi connectivity index (χ4n) is 1.22. The zero-order valence-corrected chi connectivity index (χ0v) is 8.12. The Balaban J connectivity index is 2.52. The lowest BCUT2D eigenvalue weighted by molar-refractivity contribution is 0.100. The summed E-state index contributed by atoms with van der Waals surface area (Å²) in [6.07, 6.45) is 3.42. The van der Waals surface area contributed by atoms with E-state index in [1.165, 1.54) is 11.3 Å². The Kier molecular flexibility index (Phi) is 2.28. The van der Waals surface area contributed by atoms with Crippen molar-refractivity contribution in [2.24, 2.45) is 5.73 Å². The molecule has 2 rings (SSSR count). The van der Waals surface area contributed by atoms with Gasteiger partial charge in [0.2, 0.25) is 5.91 Å². The summed E-state index contributed by atoms with van der Waals surface area (Å²) in [5, 5.41) is 1.85. The lowest BCUT2D eigenvalue weighted by atomic mass is 10.1. The molecule has 0 aromatic carbocycles. The first-order valence-corrected chi connectivity index (χ1v) is 4.94. The molecule has 0 bridgehead atoms. The van der Waals surface area contributed by atoms with E-state index in [0.717, 1.165) is 10.4 Å². The SMILES string of the molecule is NC(=O)c1ccsc1-c1cccnc1. The van der Waals surface area contributed by atoms with Crippen molar-refractivity contribution in [2.75, 3.05) is 0 Å². The van der Waals surface area contributed by atoms with Crippen LogP contribution in [0.1, 0.15) is 10.4 Å². The molecule has 2 aromatic rings. The van der Waals surface area contributed by atoms with Gasteiger partial charge in [-0.15, -0.1) is 11.3 Å². The monoisotopic (exact) mass is 204 g/mol. The van der Waals surface area contributed by atoms with Crippen LogP contribution in [0, 0.1) is 0 Å². The third kappa shape index (κ3) is 1.52. The normalized spacial score (nSPS) is 10.0. The van der Waals surface area contributed by atoms with Crippen molar-refractivity contribution in [1.29, 1.82) is 0 Å². The predicted octanol–water partition coefficient (Wildman–Crippen LogP) is 1.91. The number of rotatable bonds is 2. The number of pyridine rings is 1. The van der Waals surface area contributed by atoms with Gasteiger partial charge in [0.05, 0.1) is 5.56 Å². The first kappa shape index (κ1) is 8.90. The quantitative estimate of drug-likeness (QED) is 0.812. The van der Waals surface area contributed by atoms with E-state index in [9.17, 15) is 4.79 Å². The average Bonchev–Trinajstić information content (AvgIpc) is 2.67. The number of thiophene rings is 1. The van der Waals surface area contributed by atoms with E-state index >= 15 is 0 Å². The zero-order chi connectivity index (χ0) is 9.97. The molecule has 0 aliphatic heterocycles. The summed E-state index contributed by atoms with van der Waals surface area (Å²) in [5.74, 6) is -0.398. The van der Waals surface area contributed by atoms with Gasteiger partial charge in [0.25, 0.3) is 0 Å². The molecule has 0 saturated heterocycles. The van der Waals surface area contributed by atoms with Gasteiger partial charge >= 0.3 is 0 Å². The molecule has 0 spiro atoms. The number of aromatic nitrogens is 1. The third-order valence-corrected chi connectivity index (χ3v) is 2.82. The van der Waals surface area contributed by atoms with Crippen molar-refractivity contribution in [2.45, 2.75) is 0 Å². The largest absolute Gasteiger partial charge is 0.366 e. The van der Waals surface area contributed by atoms with Gasteiger partial charge in [-0.1, -0.05) is 6.07 Å². The van der Waals surface area contributed by atoms with Crippen molar-refractivity contribution in [3.63, 3.8) is 0 Å². The summed E-state index contributed by atoms with van der Waals surface area (Å²) in [6, 6.07) is 5.47. The minimum Gasteiger partial charge on any atom is -0.366 e. The van der Waals surface area contributed by atoms with Crippen LogP contribution < -0.4 is 5.73 Å². The molecule has 1 amide bonds. The molecule has 2 N–H and O–H groups in total. The Hall–Kier alpha value is -1.68. The number of carbonyl (C=O) groups excluding carboxylic acids is 1. The molecule has 0 aliphatic rings. The molecule has 0 fully saturated rings. The van der Waals surface area contributed by atoms with Crippen molar-refractivity contribution < 1.29 is 4.79 Å². The van der Waals surface area contributed by atoms with Crippen LogP contribution in [0.15, 0.2) is 36.0 Å². The number of hydrogen-bond acceptors (Lipinski definition) is 3. The van der Waals surface area contributed by atoms with Crippen LogP contribution in [0.5, 0.6) is 0 Å². The molecule has 4 heteroatoms. The van der Waals surface area contributed by atoms with E-state index in [4.69, 9.17) is 5.73 Å². The molecule has 2 heterocycles. The van der Waals surface area contributed by atoms with Crippen LogP contribution >= 0.6 is 11.3 Å². The second kappa shape index (κ2) is 3.59. The Labute approximate surface area is 85.2 Å². The van der Waals surface area contributed by atoms with E-state index in [-0.39, 0.29) is 0 Å². The fourth-order valence-corrected chi connectivity index (χ4v) is 2.12. The van der Waals surface area contributed by atoms with E-state index in [1.807, 2.05) is 17.5 Å². The number of primary amides is 1. The first-order valence-electron chi connectivity index (χ1n) is 4.07. The molecule has 0 aliphatic carbocycles. The Morgan fingerprint density at radius 3 is 2.93 bits per heavy atom. The van der Waals surface area contributed by atoms with Gasteiger partial charge in [0, 0.05) is 22.8 Å². The molecule has 2 aromatic heterocycles. The highest BCUT2D eigenvalue weighted by molar-refractivity contribution is 7.14.